The van der Waals surface area contributed by atoms with Crippen molar-refractivity contribution in [3.8, 4) is 0 Å². The molecule has 0 aromatic rings. The van der Waals surface area contributed by atoms with Gasteiger partial charge in [-0.1, -0.05) is 40.5 Å². The summed E-state index contributed by atoms with van der Waals surface area (Å²) in [6.07, 6.45) is 6.04. The molecule has 0 rings (SSSR count). The summed E-state index contributed by atoms with van der Waals surface area (Å²) in [5.41, 5.74) is 0. The van der Waals surface area contributed by atoms with Crippen molar-refractivity contribution in [3.63, 3.8) is 0 Å². The van der Waals surface area contributed by atoms with Crippen LogP contribution < -0.4 is 5.32 Å². The third-order valence-electron chi connectivity index (χ3n) is 2.36. The topological polar surface area (TPSA) is 24.4 Å². The minimum atomic E-state index is 0.577. The predicted octanol–water partition coefficient (Wildman–Crippen LogP) is 3.13. The van der Waals surface area contributed by atoms with E-state index in [9.17, 15) is 0 Å². The fourth-order valence-corrected chi connectivity index (χ4v) is 1.43. The summed E-state index contributed by atoms with van der Waals surface area (Å²) >= 11 is 0. The Morgan fingerprint density at radius 2 is 2.00 bits per heavy atom. The molecule has 0 aliphatic rings. The van der Waals surface area contributed by atoms with E-state index in [-0.39, 0.29) is 0 Å². The Kier molecular flexibility index (Phi) is 9.91. The van der Waals surface area contributed by atoms with Crippen molar-refractivity contribution in [3.05, 3.63) is 0 Å². The molecule has 0 fully saturated rings. The van der Waals surface area contributed by atoms with Gasteiger partial charge in [0.25, 0.3) is 0 Å². The summed E-state index contributed by atoms with van der Waals surface area (Å²) in [6.45, 7) is 11.9. The Morgan fingerprint density at radius 1 is 1.27 bits per heavy atom. The van der Waals surface area contributed by atoms with E-state index in [0.29, 0.717) is 5.92 Å². The first-order valence-electron chi connectivity index (χ1n) is 6.37. The highest BCUT2D eigenvalue weighted by molar-refractivity contribution is 5.59. The zero-order valence-corrected chi connectivity index (χ0v) is 10.9. The van der Waals surface area contributed by atoms with Crippen LogP contribution in [-0.2, 0) is 0 Å². The van der Waals surface area contributed by atoms with Gasteiger partial charge in [0.1, 0.15) is 0 Å². The normalized spacial score (nSPS) is 13.9. The lowest BCUT2D eigenvalue weighted by atomic mass is 10.0. The number of unbranched alkanes of at least 4 members (excludes halogenated alkanes) is 1. The smallest absolute Gasteiger partial charge is 0.0510 e. The van der Waals surface area contributed by atoms with Gasteiger partial charge in [0.2, 0.25) is 0 Å². The first-order chi connectivity index (χ1) is 7.16. The van der Waals surface area contributed by atoms with Crippen molar-refractivity contribution in [1.29, 1.82) is 0 Å². The Hall–Kier alpha value is -0.370. The second-order valence-corrected chi connectivity index (χ2v) is 4.75. The quantitative estimate of drug-likeness (QED) is 0.461. The van der Waals surface area contributed by atoms with Gasteiger partial charge in [0, 0.05) is 12.8 Å². The molecule has 0 saturated carbocycles. The molecule has 1 atom stereocenters. The Labute approximate surface area is 95.6 Å². The first-order valence-corrected chi connectivity index (χ1v) is 6.37. The van der Waals surface area contributed by atoms with E-state index in [2.05, 4.69) is 38.0 Å². The van der Waals surface area contributed by atoms with Gasteiger partial charge >= 0.3 is 0 Å². The van der Waals surface area contributed by atoms with Crippen LogP contribution in [0.5, 0.6) is 0 Å². The van der Waals surface area contributed by atoms with Crippen LogP contribution in [0.4, 0.5) is 0 Å². The molecule has 0 bridgehead atoms. The largest absolute Gasteiger partial charge is 0.315 e. The van der Waals surface area contributed by atoms with Crippen molar-refractivity contribution >= 4 is 6.21 Å². The second kappa shape index (κ2) is 10.2. The molecule has 1 unspecified atom stereocenters. The maximum Gasteiger partial charge on any atom is 0.0510 e. The lowest BCUT2D eigenvalue weighted by molar-refractivity contribution is 0.467. The standard InChI is InChI=1S/C13H28N2/c1-5-6-7-13(4)11-15-9-8-14-10-12(2)3/h10,12-13,15H,5-9,11H2,1-4H3. The van der Waals surface area contributed by atoms with Crippen LogP contribution in [0.25, 0.3) is 0 Å². The molecule has 0 saturated heterocycles. The molecule has 0 radical (unpaired) electrons. The van der Waals surface area contributed by atoms with Crippen LogP contribution in [0, 0.1) is 11.8 Å². The average molecular weight is 212 g/mol. The summed E-state index contributed by atoms with van der Waals surface area (Å²) in [4.78, 5) is 4.34. The fourth-order valence-electron chi connectivity index (χ4n) is 1.43. The van der Waals surface area contributed by atoms with Crippen molar-refractivity contribution < 1.29 is 0 Å². The Morgan fingerprint density at radius 3 is 2.60 bits per heavy atom. The van der Waals surface area contributed by atoms with Crippen molar-refractivity contribution in [2.24, 2.45) is 16.8 Å². The molecular formula is C13H28N2. The fraction of sp³-hybridized carbons (Fsp3) is 0.923. The Balaban J connectivity index is 3.23. The number of hydrogen-bond donors (Lipinski definition) is 1. The van der Waals surface area contributed by atoms with E-state index in [1.807, 2.05) is 6.21 Å². The maximum absolute atomic E-state index is 4.34. The number of nitrogens with one attached hydrogen (secondary N) is 1. The molecule has 2 nitrogen and oxygen atoms in total. The highest BCUT2D eigenvalue weighted by atomic mass is 14.9. The molecule has 0 amide bonds. The van der Waals surface area contributed by atoms with Gasteiger partial charge in [-0.15, -0.1) is 0 Å². The van der Waals surface area contributed by atoms with Gasteiger partial charge in [-0.2, -0.15) is 0 Å². The highest BCUT2D eigenvalue weighted by Crippen LogP contribution is 2.05. The molecule has 1 N–H and O–H groups in total. The molecule has 2 heteroatoms. The van der Waals surface area contributed by atoms with E-state index in [4.69, 9.17) is 0 Å². The third-order valence-corrected chi connectivity index (χ3v) is 2.36. The number of aliphatic imine (C=N–C) groups is 1. The second-order valence-electron chi connectivity index (χ2n) is 4.75. The zero-order chi connectivity index (χ0) is 11.5. The SMILES string of the molecule is CCCCC(C)CNCCN=CC(C)C. The summed E-state index contributed by atoms with van der Waals surface area (Å²) < 4.78 is 0. The zero-order valence-electron chi connectivity index (χ0n) is 10.9. The monoisotopic (exact) mass is 212 g/mol. The van der Waals surface area contributed by atoms with Crippen molar-refractivity contribution in [2.75, 3.05) is 19.6 Å². The molecular weight excluding hydrogens is 184 g/mol. The van der Waals surface area contributed by atoms with Gasteiger partial charge in [-0.25, -0.2) is 0 Å². The molecule has 15 heavy (non-hydrogen) atoms. The molecule has 0 aromatic heterocycles. The van der Waals surface area contributed by atoms with Crippen LogP contribution in [0.3, 0.4) is 0 Å². The summed E-state index contributed by atoms with van der Waals surface area (Å²) in [6, 6.07) is 0. The molecule has 0 aliphatic carbocycles. The molecule has 0 heterocycles. The van der Waals surface area contributed by atoms with Crippen molar-refractivity contribution in [2.45, 2.75) is 47.0 Å². The van der Waals surface area contributed by atoms with Gasteiger partial charge in [0.15, 0.2) is 0 Å². The van der Waals surface area contributed by atoms with Gasteiger partial charge < -0.3 is 5.32 Å². The highest BCUT2D eigenvalue weighted by Gasteiger charge is 1.99. The minimum Gasteiger partial charge on any atom is -0.315 e. The Bertz CT molecular complexity index is 153. The van der Waals surface area contributed by atoms with E-state index in [1.54, 1.807) is 0 Å². The average Bonchev–Trinajstić information content (AvgIpc) is 2.19. The van der Waals surface area contributed by atoms with Gasteiger partial charge in [-0.05, 0) is 24.8 Å². The van der Waals surface area contributed by atoms with E-state index >= 15 is 0 Å². The van der Waals surface area contributed by atoms with Crippen LogP contribution in [-0.4, -0.2) is 25.8 Å². The molecule has 90 valence electrons. The molecule has 0 spiro atoms. The maximum atomic E-state index is 4.34. The lowest BCUT2D eigenvalue weighted by Crippen LogP contribution is -2.23. The third kappa shape index (κ3) is 11.6. The lowest BCUT2D eigenvalue weighted by Gasteiger charge is -2.10. The van der Waals surface area contributed by atoms with E-state index in [0.717, 1.165) is 25.6 Å². The number of hydrogen-bond acceptors (Lipinski definition) is 2. The first kappa shape index (κ1) is 14.6. The minimum absolute atomic E-state index is 0.577. The van der Waals surface area contributed by atoms with Crippen LogP contribution in [0.2, 0.25) is 0 Å². The predicted molar refractivity (Wildman–Crippen MR) is 69.8 cm³/mol. The summed E-state index contributed by atoms with van der Waals surface area (Å²) in [5.74, 6) is 1.38. The van der Waals surface area contributed by atoms with Crippen molar-refractivity contribution in [1.82, 2.24) is 5.32 Å². The van der Waals surface area contributed by atoms with E-state index < -0.39 is 0 Å². The van der Waals surface area contributed by atoms with Gasteiger partial charge in [-0.3, -0.25) is 4.99 Å². The number of nitrogens with zero attached hydrogens (tertiary/aromatic N) is 1. The van der Waals surface area contributed by atoms with Gasteiger partial charge in [0.05, 0.1) is 6.54 Å². The molecule has 0 aliphatic heterocycles. The van der Waals surface area contributed by atoms with E-state index in [1.165, 1.54) is 19.3 Å². The van der Waals surface area contributed by atoms with Crippen LogP contribution in [0.15, 0.2) is 4.99 Å². The van der Waals surface area contributed by atoms with Crippen LogP contribution in [0.1, 0.15) is 47.0 Å². The molecule has 0 aromatic carbocycles. The summed E-state index contributed by atoms with van der Waals surface area (Å²) in [5, 5.41) is 3.45. The summed E-state index contributed by atoms with van der Waals surface area (Å²) in [7, 11) is 0. The van der Waals surface area contributed by atoms with Crippen LogP contribution >= 0.6 is 0 Å². The number of rotatable bonds is 9.